The predicted molar refractivity (Wildman–Crippen MR) is 84.5 cm³/mol. The molecule has 0 saturated heterocycles. The van der Waals surface area contributed by atoms with Gasteiger partial charge >= 0.3 is 0 Å². The van der Waals surface area contributed by atoms with Crippen molar-refractivity contribution >= 4 is 22.4 Å². The lowest BCUT2D eigenvalue weighted by atomic mass is 10.1. The van der Waals surface area contributed by atoms with E-state index in [0.717, 1.165) is 11.3 Å². The van der Waals surface area contributed by atoms with E-state index >= 15 is 0 Å². The Balaban J connectivity index is 1.78. The number of thiazole rings is 1. The number of hydrogen-bond donors (Lipinski definition) is 1. The summed E-state index contributed by atoms with van der Waals surface area (Å²) in [6.45, 7) is 0. The average Bonchev–Trinajstić information content (AvgIpc) is 3.04. The summed E-state index contributed by atoms with van der Waals surface area (Å²) in [5.41, 5.74) is 2.53. The molecule has 6 heteroatoms. The molecule has 2 heterocycles. The molecule has 1 amide bonds. The van der Waals surface area contributed by atoms with Gasteiger partial charge in [-0.05, 0) is 30.3 Å². The van der Waals surface area contributed by atoms with Crippen LogP contribution in [-0.4, -0.2) is 15.9 Å². The van der Waals surface area contributed by atoms with Crippen LogP contribution in [0.1, 0.15) is 15.9 Å². The largest absolute Gasteiger partial charge is 0.298 e. The number of carbonyl (C=O) groups excluding carboxylic acids is 1. The molecule has 0 aliphatic rings. The maximum atomic E-state index is 12.2. The molecule has 3 rings (SSSR count). The Morgan fingerprint density at radius 2 is 2.18 bits per heavy atom. The molecule has 5 nitrogen and oxygen atoms in total. The minimum atomic E-state index is -0.288. The Morgan fingerprint density at radius 1 is 1.27 bits per heavy atom. The van der Waals surface area contributed by atoms with Gasteiger partial charge in [-0.3, -0.25) is 15.1 Å². The quantitative estimate of drug-likeness (QED) is 0.805. The zero-order valence-electron chi connectivity index (χ0n) is 11.4. The molecule has 106 valence electrons. The third-order valence-corrected chi connectivity index (χ3v) is 3.69. The molecule has 0 aliphatic heterocycles. The lowest BCUT2D eigenvalue weighted by Gasteiger charge is -2.01. The van der Waals surface area contributed by atoms with Crippen LogP contribution < -0.4 is 5.32 Å². The molecule has 0 fully saturated rings. The lowest BCUT2D eigenvalue weighted by Crippen LogP contribution is -2.11. The van der Waals surface area contributed by atoms with E-state index in [1.807, 2.05) is 23.6 Å². The number of amides is 1. The van der Waals surface area contributed by atoms with Gasteiger partial charge in [-0.25, -0.2) is 4.98 Å². The molecular weight excluding hydrogens is 296 g/mol. The number of nitrogens with zero attached hydrogens (tertiary/aromatic N) is 3. The summed E-state index contributed by atoms with van der Waals surface area (Å²) < 4.78 is 0. The van der Waals surface area contributed by atoms with Crippen LogP contribution in [0.3, 0.4) is 0 Å². The highest BCUT2D eigenvalue weighted by Gasteiger charge is 2.10. The van der Waals surface area contributed by atoms with Crippen molar-refractivity contribution in [3.63, 3.8) is 0 Å². The van der Waals surface area contributed by atoms with Gasteiger partial charge in [-0.2, -0.15) is 5.26 Å². The summed E-state index contributed by atoms with van der Waals surface area (Å²) in [6, 6.07) is 12.3. The zero-order chi connectivity index (χ0) is 15.4. The van der Waals surface area contributed by atoms with Crippen molar-refractivity contribution in [1.82, 2.24) is 9.97 Å². The first kappa shape index (κ1) is 13.9. The zero-order valence-corrected chi connectivity index (χ0v) is 12.2. The third-order valence-electron chi connectivity index (χ3n) is 2.94. The topological polar surface area (TPSA) is 78.7 Å². The van der Waals surface area contributed by atoms with Crippen molar-refractivity contribution in [2.75, 3.05) is 5.32 Å². The van der Waals surface area contributed by atoms with E-state index in [2.05, 4.69) is 15.3 Å². The molecule has 0 aliphatic carbocycles. The number of pyridine rings is 1. The number of nitriles is 1. The number of nitrogens with one attached hydrogen (secondary N) is 1. The molecule has 2 aromatic heterocycles. The molecule has 0 bridgehead atoms. The summed E-state index contributed by atoms with van der Waals surface area (Å²) in [5, 5.41) is 14.0. The lowest BCUT2D eigenvalue weighted by molar-refractivity contribution is 0.102. The van der Waals surface area contributed by atoms with Crippen LogP contribution in [0, 0.1) is 11.3 Å². The van der Waals surface area contributed by atoms with E-state index in [0.29, 0.717) is 16.3 Å². The first-order chi connectivity index (χ1) is 10.8. The molecule has 1 N–H and O–H groups in total. The SMILES string of the molecule is N#Cc1cccc(C(=O)Nc2nc(-c3cccnc3)cs2)c1. The second-order valence-corrected chi connectivity index (χ2v) is 5.28. The van der Waals surface area contributed by atoms with Gasteiger partial charge in [0.2, 0.25) is 0 Å². The highest BCUT2D eigenvalue weighted by molar-refractivity contribution is 7.14. The Bertz CT molecular complexity index is 852. The summed E-state index contributed by atoms with van der Waals surface area (Å²) in [5.74, 6) is -0.288. The van der Waals surface area contributed by atoms with Gasteiger partial charge in [0.05, 0.1) is 17.3 Å². The summed E-state index contributed by atoms with van der Waals surface area (Å²) >= 11 is 1.34. The maximum Gasteiger partial charge on any atom is 0.257 e. The smallest absolute Gasteiger partial charge is 0.257 e. The van der Waals surface area contributed by atoms with Crippen molar-refractivity contribution in [3.05, 3.63) is 65.3 Å². The fourth-order valence-corrected chi connectivity index (χ4v) is 2.59. The summed E-state index contributed by atoms with van der Waals surface area (Å²) in [7, 11) is 0. The Labute approximate surface area is 130 Å². The highest BCUT2D eigenvalue weighted by Crippen LogP contribution is 2.24. The fraction of sp³-hybridized carbons (Fsp3) is 0. The van der Waals surface area contributed by atoms with Gasteiger partial charge in [0, 0.05) is 28.9 Å². The van der Waals surface area contributed by atoms with E-state index in [4.69, 9.17) is 5.26 Å². The van der Waals surface area contributed by atoms with Crippen molar-refractivity contribution in [1.29, 1.82) is 5.26 Å². The Hall–Kier alpha value is -3.04. The molecule has 0 saturated carbocycles. The number of benzene rings is 1. The fourth-order valence-electron chi connectivity index (χ4n) is 1.88. The van der Waals surface area contributed by atoms with Crippen LogP contribution in [0.15, 0.2) is 54.2 Å². The van der Waals surface area contributed by atoms with Gasteiger partial charge in [-0.15, -0.1) is 11.3 Å². The van der Waals surface area contributed by atoms with E-state index in [-0.39, 0.29) is 5.91 Å². The minimum absolute atomic E-state index is 0.288. The normalized spacial score (nSPS) is 9.95. The monoisotopic (exact) mass is 306 g/mol. The first-order valence-corrected chi connectivity index (χ1v) is 7.31. The number of aromatic nitrogens is 2. The molecule has 0 unspecified atom stereocenters. The van der Waals surface area contributed by atoms with Gasteiger partial charge in [-0.1, -0.05) is 6.07 Å². The minimum Gasteiger partial charge on any atom is -0.298 e. The van der Waals surface area contributed by atoms with E-state index < -0.39 is 0 Å². The molecule has 0 radical (unpaired) electrons. The van der Waals surface area contributed by atoms with E-state index in [1.165, 1.54) is 11.3 Å². The number of anilines is 1. The number of rotatable bonds is 3. The summed E-state index contributed by atoms with van der Waals surface area (Å²) in [6.07, 6.45) is 3.41. The Kier molecular flexibility index (Phi) is 3.90. The molecule has 3 aromatic rings. The van der Waals surface area contributed by atoms with Crippen LogP contribution >= 0.6 is 11.3 Å². The second-order valence-electron chi connectivity index (χ2n) is 4.43. The van der Waals surface area contributed by atoms with Gasteiger partial charge < -0.3 is 0 Å². The maximum absolute atomic E-state index is 12.2. The van der Waals surface area contributed by atoms with Crippen molar-refractivity contribution in [2.24, 2.45) is 0 Å². The standard InChI is InChI=1S/C16H10N4OS/c17-8-11-3-1-4-12(7-11)15(21)20-16-19-14(10-22-16)13-5-2-6-18-9-13/h1-7,9-10H,(H,19,20,21). The third kappa shape index (κ3) is 3.00. The number of hydrogen-bond acceptors (Lipinski definition) is 5. The van der Waals surface area contributed by atoms with Crippen molar-refractivity contribution in [2.45, 2.75) is 0 Å². The second kappa shape index (κ2) is 6.16. The molecule has 1 aromatic carbocycles. The van der Waals surface area contributed by atoms with Crippen molar-refractivity contribution < 1.29 is 4.79 Å². The summed E-state index contributed by atoms with van der Waals surface area (Å²) in [4.78, 5) is 20.6. The van der Waals surface area contributed by atoms with E-state index in [9.17, 15) is 4.79 Å². The average molecular weight is 306 g/mol. The highest BCUT2D eigenvalue weighted by atomic mass is 32.1. The van der Waals surface area contributed by atoms with Gasteiger partial charge in [0.1, 0.15) is 0 Å². The number of carbonyl (C=O) groups is 1. The van der Waals surface area contributed by atoms with Crippen LogP contribution in [0.5, 0.6) is 0 Å². The van der Waals surface area contributed by atoms with Gasteiger partial charge in [0.25, 0.3) is 5.91 Å². The Morgan fingerprint density at radius 3 is 2.95 bits per heavy atom. The van der Waals surface area contributed by atoms with Crippen LogP contribution in [0.4, 0.5) is 5.13 Å². The first-order valence-electron chi connectivity index (χ1n) is 6.44. The van der Waals surface area contributed by atoms with Gasteiger partial charge in [0.15, 0.2) is 5.13 Å². The molecule has 0 spiro atoms. The molecule has 22 heavy (non-hydrogen) atoms. The van der Waals surface area contributed by atoms with Crippen LogP contribution in [0.25, 0.3) is 11.3 Å². The van der Waals surface area contributed by atoms with Crippen LogP contribution in [-0.2, 0) is 0 Å². The van der Waals surface area contributed by atoms with Crippen LogP contribution in [0.2, 0.25) is 0 Å². The van der Waals surface area contributed by atoms with Crippen molar-refractivity contribution in [3.8, 4) is 17.3 Å². The molecule has 0 atom stereocenters. The molecular formula is C16H10N4OS. The predicted octanol–water partition coefficient (Wildman–Crippen LogP) is 3.33. The van der Waals surface area contributed by atoms with E-state index in [1.54, 1.807) is 36.7 Å².